The van der Waals surface area contributed by atoms with Crippen molar-refractivity contribution >= 4 is 17.6 Å². The molecule has 2 amide bonds. The highest BCUT2D eigenvalue weighted by Crippen LogP contribution is 2.43. The van der Waals surface area contributed by atoms with Crippen LogP contribution in [0.1, 0.15) is 59.8 Å². The summed E-state index contributed by atoms with van der Waals surface area (Å²) in [6, 6.07) is -0.0888. The van der Waals surface area contributed by atoms with Gasteiger partial charge in [0.15, 0.2) is 5.78 Å². The molecule has 188 valence electrons. The van der Waals surface area contributed by atoms with Gasteiger partial charge in [0.25, 0.3) is 0 Å². The second kappa shape index (κ2) is 11.4. The summed E-state index contributed by atoms with van der Waals surface area (Å²) in [5.74, 6) is -0.515. The maximum absolute atomic E-state index is 12.0. The van der Waals surface area contributed by atoms with Crippen LogP contribution in [0.15, 0.2) is 36.0 Å². The maximum atomic E-state index is 12.0. The molecule has 0 saturated carbocycles. The number of primary amides is 1. The number of hydrogen-bond acceptors (Lipinski definition) is 6. The summed E-state index contributed by atoms with van der Waals surface area (Å²) >= 11 is 0. The first kappa shape index (κ1) is 26.3. The topological polar surface area (TPSA) is 120 Å². The quantitative estimate of drug-likeness (QED) is 0.301. The Kier molecular flexibility index (Phi) is 8.84. The molecule has 7 unspecified atom stereocenters. The summed E-state index contributed by atoms with van der Waals surface area (Å²) in [7, 11) is 0. The molecule has 3 fully saturated rings. The van der Waals surface area contributed by atoms with Crippen LogP contribution >= 0.6 is 0 Å². The van der Waals surface area contributed by atoms with E-state index in [9.17, 15) is 14.4 Å². The van der Waals surface area contributed by atoms with Gasteiger partial charge >= 0.3 is 0 Å². The van der Waals surface area contributed by atoms with Crippen molar-refractivity contribution in [2.45, 2.75) is 95.9 Å². The third-order valence-electron chi connectivity index (χ3n) is 6.78. The highest BCUT2D eigenvalue weighted by atomic mass is 16.6. The Morgan fingerprint density at radius 1 is 1.09 bits per heavy atom. The van der Waals surface area contributed by atoms with Gasteiger partial charge in [-0.05, 0) is 45.6 Å². The van der Waals surface area contributed by atoms with E-state index in [2.05, 4.69) is 24.4 Å². The lowest BCUT2D eigenvalue weighted by Crippen LogP contribution is -2.50. The molecule has 0 aliphatic carbocycles. The van der Waals surface area contributed by atoms with Crippen molar-refractivity contribution in [3.05, 3.63) is 36.0 Å². The molecular weight excluding hydrogens is 436 g/mol. The molecule has 8 heteroatoms. The minimum absolute atomic E-state index is 0.0632. The van der Waals surface area contributed by atoms with Crippen molar-refractivity contribution in [2.75, 3.05) is 6.61 Å². The Bertz CT molecular complexity index is 859. The van der Waals surface area contributed by atoms with E-state index in [1.807, 2.05) is 19.9 Å². The molecule has 3 aliphatic rings. The van der Waals surface area contributed by atoms with Crippen molar-refractivity contribution in [3.63, 3.8) is 0 Å². The van der Waals surface area contributed by atoms with Gasteiger partial charge in [0.1, 0.15) is 0 Å². The first-order valence-electron chi connectivity index (χ1n) is 12.1. The zero-order chi connectivity index (χ0) is 24.9. The molecule has 0 bridgehead atoms. The van der Waals surface area contributed by atoms with Gasteiger partial charge in [0.2, 0.25) is 11.8 Å². The first-order valence-corrected chi connectivity index (χ1v) is 12.1. The number of hydrogen-bond donors (Lipinski definition) is 2. The Balaban J connectivity index is 1.49. The van der Waals surface area contributed by atoms with Gasteiger partial charge in [0, 0.05) is 18.9 Å². The number of epoxide rings is 1. The van der Waals surface area contributed by atoms with E-state index in [-0.39, 0.29) is 66.0 Å². The summed E-state index contributed by atoms with van der Waals surface area (Å²) in [6.45, 7) is 8.27. The number of ether oxygens (including phenoxy) is 3. The molecular formula is C26H38N2O6. The van der Waals surface area contributed by atoms with Crippen molar-refractivity contribution in [3.8, 4) is 0 Å². The SMILES string of the molecule is CC(=O)C=CC(=O)NC1CC(C)C(CC=C(C)C=CC2CC3(CO3)CC(CC(N)=O)O2)OC1C. The molecule has 7 atom stereocenters. The number of rotatable bonds is 9. The zero-order valence-corrected chi connectivity index (χ0v) is 20.6. The van der Waals surface area contributed by atoms with Crippen LogP contribution in [0.2, 0.25) is 0 Å². The van der Waals surface area contributed by atoms with Crippen LogP contribution in [0.4, 0.5) is 0 Å². The number of amides is 2. The minimum atomic E-state index is -0.355. The second-order valence-electron chi connectivity index (χ2n) is 10.0. The van der Waals surface area contributed by atoms with Gasteiger partial charge in [-0.15, -0.1) is 0 Å². The number of ketones is 1. The minimum Gasteiger partial charge on any atom is -0.373 e. The van der Waals surface area contributed by atoms with Crippen LogP contribution in [0, 0.1) is 5.92 Å². The van der Waals surface area contributed by atoms with E-state index in [0.29, 0.717) is 6.61 Å². The predicted molar refractivity (Wildman–Crippen MR) is 128 cm³/mol. The van der Waals surface area contributed by atoms with Crippen molar-refractivity contribution < 1.29 is 28.6 Å². The van der Waals surface area contributed by atoms with Crippen LogP contribution in [0.5, 0.6) is 0 Å². The number of allylic oxidation sites excluding steroid dienone is 3. The summed E-state index contributed by atoms with van der Waals surface area (Å²) in [4.78, 5) is 34.3. The molecule has 1 spiro atoms. The third-order valence-corrected chi connectivity index (χ3v) is 6.78. The summed E-state index contributed by atoms with van der Waals surface area (Å²) in [5, 5.41) is 2.94. The number of carbonyl (C=O) groups is 3. The molecule has 0 aromatic carbocycles. The van der Waals surface area contributed by atoms with Crippen molar-refractivity contribution in [1.82, 2.24) is 5.32 Å². The molecule has 3 saturated heterocycles. The fourth-order valence-corrected chi connectivity index (χ4v) is 4.77. The number of nitrogens with two attached hydrogens (primary N) is 1. The van der Waals surface area contributed by atoms with Gasteiger partial charge < -0.3 is 25.3 Å². The lowest BCUT2D eigenvalue weighted by atomic mass is 9.88. The monoisotopic (exact) mass is 474 g/mol. The third kappa shape index (κ3) is 7.89. The number of nitrogens with one attached hydrogen (secondary N) is 1. The highest BCUT2D eigenvalue weighted by Gasteiger charge is 2.51. The van der Waals surface area contributed by atoms with E-state index >= 15 is 0 Å². The van der Waals surface area contributed by atoms with E-state index in [1.165, 1.54) is 19.1 Å². The van der Waals surface area contributed by atoms with Gasteiger partial charge in [-0.25, -0.2) is 0 Å². The maximum Gasteiger partial charge on any atom is 0.244 e. The largest absolute Gasteiger partial charge is 0.373 e. The summed E-state index contributed by atoms with van der Waals surface area (Å²) in [5.41, 5.74) is 6.31. The molecule has 0 aromatic rings. The molecule has 3 aliphatic heterocycles. The standard InChI is InChI=1S/C26H38N2O6/c1-16(5-8-20-13-26(15-32-26)14-21(34-20)12-24(27)30)6-9-23-17(2)11-22(19(4)33-23)28-25(31)10-7-18(3)29/h5-8,10,17,19-23H,9,11-15H2,1-4H3,(H2,27,30)(H,28,31). The molecule has 0 radical (unpaired) electrons. The molecule has 34 heavy (non-hydrogen) atoms. The normalized spacial score (nSPS) is 36.2. The number of carbonyl (C=O) groups excluding carboxylic acids is 3. The molecule has 3 N–H and O–H groups in total. The van der Waals surface area contributed by atoms with Gasteiger partial charge in [-0.1, -0.05) is 30.7 Å². The van der Waals surface area contributed by atoms with Crippen LogP contribution in [0.25, 0.3) is 0 Å². The Morgan fingerprint density at radius 3 is 2.47 bits per heavy atom. The fraction of sp³-hybridized carbons (Fsp3) is 0.654. The first-order chi connectivity index (χ1) is 16.0. The highest BCUT2D eigenvalue weighted by molar-refractivity contribution is 5.96. The van der Waals surface area contributed by atoms with E-state index in [0.717, 1.165) is 31.3 Å². The predicted octanol–water partition coefficient (Wildman–Crippen LogP) is 2.51. The van der Waals surface area contributed by atoms with Crippen LogP contribution in [0.3, 0.4) is 0 Å². The van der Waals surface area contributed by atoms with Crippen molar-refractivity contribution in [2.24, 2.45) is 11.7 Å². The summed E-state index contributed by atoms with van der Waals surface area (Å²) in [6.07, 6.45) is 11.7. The molecule has 3 heterocycles. The lowest BCUT2D eigenvalue weighted by Gasteiger charge is -2.39. The second-order valence-corrected chi connectivity index (χ2v) is 10.0. The van der Waals surface area contributed by atoms with Crippen molar-refractivity contribution in [1.29, 1.82) is 0 Å². The average Bonchev–Trinajstić information content (AvgIpc) is 3.49. The van der Waals surface area contributed by atoms with Gasteiger partial charge in [-0.2, -0.15) is 0 Å². The zero-order valence-electron chi connectivity index (χ0n) is 20.6. The Hall–Kier alpha value is -2.29. The van der Waals surface area contributed by atoms with Gasteiger partial charge in [-0.3, -0.25) is 14.4 Å². The molecule has 8 nitrogen and oxygen atoms in total. The van der Waals surface area contributed by atoms with E-state index in [1.54, 1.807) is 0 Å². The smallest absolute Gasteiger partial charge is 0.244 e. The molecule has 0 aromatic heterocycles. The van der Waals surface area contributed by atoms with E-state index < -0.39 is 0 Å². The van der Waals surface area contributed by atoms with Crippen LogP contribution < -0.4 is 11.1 Å². The van der Waals surface area contributed by atoms with Gasteiger partial charge in [0.05, 0.1) is 49.1 Å². The summed E-state index contributed by atoms with van der Waals surface area (Å²) < 4.78 is 17.9. The Morgan fingerprint density at radius 2 is 1.82 bits per heavy atom. The lowest BCUT2D eigenvalue weighted by molar-refractivity contribution is -0.125. The molecule has 3 rings (SSSR count). The van der Waals surface area contributed by atoms with Crippen LogP contribution in [-0.2, 0) is 28.6 Å². The fourth-order valence-electron chi connectivity index (χ4n) is 4.77. The van der Waals surface area contributed by atoms with Crippen LogP contribution in [-0.4, -0.2) is 60.3 Å². The Labute approximate surface area is 201 Å². The van der Waals surface area contributed by atoms with E-state index in [4.69, 9.17) is 19.9 Å². The average molecular weight is 475 g/mol.